The topological polar surface area (TPSA) is 66.0 Å². The van der Waals surface area contributed by atoms with Crippen LogP contribution >= 0.6 is 0 Å². The zero-order valence-corrected chi connectivity index (χ0v) is 11.4. The molecule has 1 aromatic carbocycles. The van der Waals surface area contributed by atoms with Gasteiger partial charge in [-0.05, 0) is 25.0 Å². The van der Waals surface area contributed by atoms with Crippen molar-refractivity contribution in [3.8, 4) is 0 Å². The number of carboxylic acid groups (broad SMARTS) is 1. The van der Waals surface area contributed by atoms with E-state index in [1.165, 1.54) is 12.5 Å². The molecule has 106 valence electrons. The predicted molar refractivity (Wildman–Crippen MR) is 73.4 cm³/mol. The van der Waals surface area contributed by atoms with Crippen molar-refractivity contribution < 1.29 is 14.3 Å². The Balaban J connectivity index is 2.15. The Kier molecular flexibility index (Phi) is 3.00. The molecule has 0 radical (unpaired) electrons. The molecule has 5 heteroatoms. The Morgan fingerprint density at radius 2 is 2.05 bits per heavy atom. The van der Waals surface area contributed by atoms with Gasteiger partial charge in [-0.25, -0.2) is 14.2 Å². The summed E-state index contributed by atoms with van der Waals surface area (Å²) in [6.45, 7) is 2.14. The summed E-state index contributed by atoms with van der Waals surface area (Å²) in [4.78, 5) is 18.8. The van der Waals surface area contributed by atoms with Gasteiger partial charge in [0.05, 0.1) is 11.1 Å². The number of nitrogens with one attached hydrogen (secondary N) is 1. The van der Waals surface area contributed by atoms with Crippen LogP contribution < -0.4 is 0 Å². The summed E-state index contributed by atoms with van der Waals surface area (Å²) in [5.41, 5.74) is 0.663. The van der Waals surface area contributed by atoms with E-state index in [0.29, 0.717) is 11.0 Å². The van der Waals surface area contributed by atoms with E-state index < -0.39 is 11.8 Å². The Morgan fingerprint density at radius 1 is 1.35 bits per heavy atom. The monoisotopic (exact) mass is 276 g/mol. The fourth-order valence-electron chi connectivity index (χ4n) is 3.10. The lowest BCUT2D eigenvalue weighted by Crippen LogP contribution is -2.26. The van der Waals surface area contributed by atoms with Gasteiger partial charge in [0.15, 0.2) is 0 Å². The van der Waals surface area contributed by atoms with E-state index in [-0.39, 0.29) is 11.0 Å². The van der Waals surface area contributed by atoms with Crippen LogP contribution in [-0.4, -0.2) is 21.0 Å². The molecule has 1 fully saturated rings. The minimum absolute atomic E-state index is 0.0660. The van der Waals surface area contributed by atoms with Gasteiger partial charge in [-0.1, -0.05) is 26.2 Å². The molecule has 0 unspecified atom stereocenters. The van der Waals surface area contributed by atoms with E-state index in [1.54, 1.807) is 0 Å². The van der Waals surface area contributed by atoms with Crippen LogP contribution in [0.25, 0.3) is 11.0 Å². The molecule has 1 aliphatic carbocycles. The van der Waals surface area contributed by atoms with Crippen molar-refractivity contribution in [1.29, 1.82) is 0 Å². The molecular formula is C15H17FN2O2. The van der Waals surface area contributed by atoms with Crippen LogP contribution in [0.3, 0.4) is 0 Å². The number of carbonyl (C=O) groups is 1. The van der Waals surface area contributed by atoms with E-state index in [1.807, 2.05) is 0 Å². The van der Waals surface area contributed by atoms with Crippen molar-refractivity contribution in [2.75, 3.05) is 0 Å². The number of aromatic carboxylic acids is 1. The first-order valence-corrected chi connectivity index (χ1v) is 6.93. The molecule has 4 nitrogen and oxygen atoms in total. The molecule has 2 N–H and O–H groups in total. The normalized spacial score (nSPS) is 18.3. The van der Waals surface area contributed by atoms with Gasteiger partial charge in [0.2, 0.25) is 0 Å². The van der Waals surface area contributed by atoms with Crippen LogP contribution in [0.1, 0.15) is 55.2 Å². The number of H-pyrrole nitrogens is 1. The molecule has 20 heavy (non-hydrogen) atoms. The van der Waals surface area contributed by atoms with Crippen LogP contribution in [0, 0.1) is 5.82 Å². The average Bonchev–Trinajstić information content (AvgIpc) is 2.82. The molecule has 3 rings (SSSR count). The quantitative estimate of drug-likeness (QED) is 0.880. The van der Waals surface area contributed by atoms with Gasteiger partial charge in [0.1, 0.15) is 17.2 Å². The number of nitrogens with zero attached hydrogens (tertiary/aromatic N) is 1. The zero-order chi connectivity index (χ0) is 14.3. The number of hydrogen-bond donors (Lipinski definition) is 2. The maximum Gasteiger partial charge on any atom is 0.338 e. The summed E-state index contributed by atoms with van der Waals surface area (Å²) in [6, 6.07) is 2.34. The van der Waals surface area contributed by atoms with Crippen LogP contribution in [0.5, 0.6) is 0 Å². The molecule has 0 spiro atoms. The Labute approximate surface area is 116 Å². The summed E-state index contributed by atoms with van der Waals surface area (Å²) >= 11 is 0. The van der Waals surface area contributed by atoms with E-state index >= 15 is 0 Å². The number of rotatable bonds is 2. The highest BCUT2D eigenvalue weighted by atomic mass is 19.1. The molecule has 1 saturated carbocycles. The first-order chi connectivity index (χ1) is 9.49. The van der Waals surface area contributed by atoms with Gasteiger partial charge >= 0.3 is 5.97 Å². The molecule has 0 atom stereocenters. The summed E-state index contributed by atoms with van der Waals surface area (Å²) < 4.78 is 13.5. The minimum atomic E-state index is -1.15. The molecule has 0 aliphatic heterocycles. The van der Waals surface area contributed by atoms with E-state index in [2.05, 4.69) is 16.9 Å². The average molecular weight is 276 g/mol. The molecule has 1 aliphatic rings. The Bertz CT molecular complexity index is 672. The van der Waals surface area contributed by atoms with E-state index in [0.717, 1.165) is 37.6 Å². The third kappa shape index (κ3) is 2.07. The first kappa shape index (κ1) is 13.1. The van der Waals surface area contributed by atoms with Crippen LogP contribution in [0.2, 0.25) is 0 Å². The molecule has 0 saturated heterocycles. The highest BCUT2D eigenvalue weighted by Gasteiger charge is 2.32. The van der Waals surface area contributed by atoms with E-state index in [9.17, 15) is 14.3 Å². The van der Waals surface area contributed by atoms with Crippen molar-refractivity contribution in [1.82, 2.24) is 9.97 Å². The third-order valence-corrected chi connectivity index (χ3v) is 4.31. The zero-order valence-electron chi connectivity index (χ0n) is 11.4. The number of halogens is 1. The number of benzene rings is 1. The predicted octanol–water partition coefficient (Wildman–Crippen LogP) is 3.62. The number of imidazole rings is 1. The summed E-state index contributed by atoms with van der Waals surface area (Å²) in [5.74, 6) is -0.930. The minimum Gasteiger partial charge on any atom is -0.478 e. The van der Waals surface area contributed by atoms with Gasteiger partial charge in [-0.15, -0.1) is 0 Å². The van der Waals surface area contributed by atoms with Crippen LogP contribution in [0.15, 0.2) is 12.1 Å². The van der Waals surface area contributed by atoms with Crippen molar-refractivity contribution in [3.63, 3.8) is 0 Å². The van der Waals surface area contributed by atoms with Crippen molar-refractivity contribution >= 4 is 17.0 Å². The fourth-order valence-corrected chi connectivity index (χ4v) is 3.10. The second-order valence-electron chi connectivity index (χ2n) is 5.86. The lowest BCUT2D eigenvalue weighted by atomic mass is 9.75. The fraction of sp³-hybridized carbons (Fsp3) is 0.467. The molecule has 0 amide bonds. The third-order valence-electron chi connectivity index (χ3n) is 4.31. The van der Waals surface area contributed by atoms with Crippen molar-refractivity contribution in [3.05, 3.63) is 29.3 Å². The summed E-state index contributed by atoms with van der Waals surface area (Å²) in [6.07, 6.45) is 5.57. The number of hydrogen-bond acceptors (Lipinski definition) is 2. The number of carboxylic acids is 1. The summed E-state index contributed by atoms with van der Waals surface area (Å²) in [5, 5.41) is 9.17. The lowest BCUT2D eigenvalue weighted by molar-refractivity contribution is 0.0698. The largest absolute Gasteiger partial charge is 0.478 e. The highest BCUT2D eigenvalue weighted by Crippen LogP contribution is 2.38. The molecule has 0 bridgehead atoms. The van der Waals surface area contributed by atoms with Gasteiger partial charge in [-0.2, -0.15) is 0 Å². The lowest BCUT2D eigenvalue weighted by Gasteiger charge is -2.31. The van der Waals surface area contributed by atoms with Gasteiger partial charge in [-0.3, -0.25) is 0 Å². The smallest absolute Gasteiger partial charge is 0.338 e. The van der Waals surface area contributed by atoms with E-state index in [4.69, 9.17) is 0 Å². The second-order valence-corrected chi connectivity index (χ2v) is 5.86. The van der Waals surface area contributed by atoms with Gasteiger partial charge < -0.3 is 10.1 Å². The second kappa shape index (κ2) is 4.58. The highest BCUT2D eigenvalue weighted by molar-refractivity contribution is 6.01. The number of aromatic amines is 1. The SMILES string of the molecule is CC1(c2nc3c(C(=O)O)cc(F)cc3[nH]2)CCCCC1. The van der Waals surface area contributed by atoms with Crippen LogP contribution in [0.4, 0.5) is 4.39 Å². The number of fused-ring (bicyclic) bond motifs is 1. The number of aromatic nitrogens is 2. The summed E-state index contributed by atoms with van der Waals surface area (Å²) in [7, 11) is 0. The molecule has 1 heterocycles. The maximum absolute atomic E-state index is 13.5. The Hall–Kier alpha value is -1.91. The molecule has 1 aromatic heterocycles. The molecule has 2 aromatic rings. The Morgan fingerprint density at radius 3 is 2.70 bits per heavy atom. The molecular weight excluding hydrogens is 259 g/mol. The van der Waals surface area contributed by atoms with Crippen LogP contribution in [-0.2, 0) is 5.41 Å². The van der Waals surface area contributed by atoms with Crippen molar-refractivity contribution in [2.45, 2.75) is 44.4 Å². The van der Waals surface area contributed by atoms with Crippen molar-refractivity contribution in [2.24, 2.45) is 0 Å². The standard InChI is InChI=1S/C15H17FN2O2/c1-15(5-3-2-4-6-15)14-17-11-8-9(16)7-10(13(19)20)12(11)18-14/h7-8H,2-6H2,1H3,(H,17,18)(H,19,20). The van der Waals surface area contributed by atoms with Gasteiger partial charge in [0, 0.05) is 5.41 Å². The maximum atomic E-state index is 13.5. The first-order valence-electron chi connectivity index (χ1n) is 6.93. The van der Waals surface area contributed by atoms with Gasteiger partial charge in [0.25, 0.3) is 0 Å².